The van der Waals surface area contributed by atoms with E-state index in [1.54, 1.807) is 0 Å². The monoisotopic (exact) mass is 230 g/mol. The lowest BCUT2D eigenvalue weighted by Crippen LogP contribution is -2.35. The Labute approximate surface area is 96.7 Å². The molecule has 17 heavy (non-hydrogen) atoms. The van der Waals surface area contributed by atoms with Gasteiger partial charge in [0.05, 0.1) is 5.69 Å². The quantitative estimate of drug-likeness (QED) is 0.426. The van der Waals surface area contributed by atoms with Crippen molar-refractivity contribution in [3.63, 3.8) is 0 Å². The van der Waals surface area contributed by atoms with Gasteiger partial charge in [-0.05, 0) is 12.1 Å². The van der Waals surface area contributed by atoms with Gasteiger partial charge in [0.25, 0.3) is 5.91 Å². The van der Waals surface area contributed by atoms with Crippen LogP contribution in [0.15, 0.2) is 47.4 Å². The van der Waals surface area contributed by atoms with Crippen molar-refractivity contribution in [3.05, 3.63) is 58.5 Å². The SMILES string of the molecule is NNC(=O)c1nn(-c2ccccc2)ccc1=O. The summed E-state index contributed by atoms with van der Waals surface area (Å²) in [5.41, 5.74) is 1.93. The number of amides is 1. The molecule has 0 aliphatic rings. The van der Waals surface area contributed by atoms with Crippen LogP contribution >= 0.6 is 0 Å². The number of hydrogen-bond acceptors (Lipinski definition) is 4. The number of nitrogen functional groups attached to an aromatic ring is 1. The normalized spacial score (nSPS) is 9.94. The Hall–Kier alpha value is -2.47. The van der Waals surface area contributed by atoms with E-state index in [2.05, 4.69) is 5.10 Å². The highest BCUT2D eigenvalue weighted by Crippen LogP contribution is 2.03. The topological polar surface area (TPSA) is 90.0 Å². The van der Waals surface area contributed by atoms with Crippen molar-refractivity contribution in [2.75, 3.05) is 0 Å². The van der Waals surface area contributed by atoms with E-state index in [1.165, 1.54) is 16.9 Å². The molecule has 0 aliphatic heterocycles. The summed E-state index contributed by atoms with van der Waals surface area (Å²) in [6, 6.07) is 10.4. The van der Waals surface area contributed by atoms with Crippen molar-refractivity contribution in [1.29, 1.82) is 0 Å². The Morgan fingerprint density at radius 2 is 1.94 bits per heavy atom. The summed E-state index contributed by atoms with van der Waals surface area (Å²) in [4.78, 5) is 22.7. The summed E-state index contributed by atoms with van der Waals surface area (Å²) in [6.07, 6.45) is 1.49. The Balaban J connectivity index is 2.52. The molecule has 1 amide bonds. The van der Waals surface area contributed by atoms with E-state index in [-0.39, 0.29) is 5.69 Å². The minimum atomic E-state index is -0.708. The van der Waals surface area contributed by atoms with E-state index in [4.69, 9.17) is 5.84 Å². The third-order valence-electron chi connectivity index (χ3n) is 2.18. The maximum Gasteiger partial charge on any atom is 0.289 e. The molecule has 3 N–H and O–H groups in total. The lowest BCUT2D eigenvalue weighted by molar-refractivity contribution is 0.0945. The lowest BCUT2D eigenvalue weighted by atomic mass is 10.3. The Morgan fingerprint density at radius 1 is 1.24 bits per heavy atom. The number of carbonyl (C=O) groups is 1. The smallest absolute Gasteiger partial charge is 0.289 e. The van der Waals surface area contributed by atoms with Crippen molar-refractivity contribution < 1.29 is 4.79 Å². The second-order valence-corrected chi connectivity index (χ2v) is 3.28. The molecule has 1 aromatic heterocycles. The average molecular weight is 230 g/mol. The van der Waals surface area contributed by atoms with Gasteiger partial charge < -0.3 is 0 Å². The third kappa shape index (κ3) is 2.21. The number of para-hydroxylation sites is 1. The van der Waals surface area contributed by atoms with Crippen LogP contribution in [-0.2, 0) is 0 Å². The fourth-order valence-electron chi connectivity index (χ4n) is 1.36. The Morgan fingerprint density at radius 3 is 2.59 bits per heavy atom. The maximum atomic E-state index is 11.4. The molecule has 0 atom stereocenters. The highest BCUT2D eigenvalue weighted by Gasteiger charge is 2.11. The van der Waals surface area contributed by atoms with Crippen LogP contribution in [0.25, 0.3) is 5.69 Å². The van der Waals surface area contributed by atoms with Gasteiger partial charge in [0.1, 0.15) is 0 Å². The van der Waals surface area contributed by atoms with Crippen LogP contribution in [0.4, 0.5) is 0 Å². The molecule has 2 aromatic rings. The molecule has 1 heterocycles. The summed E-state index contributed by atoms with van der Waals surface area (Å²) in [5, 5.41) is 3.93. The second-order valence-electron chi connectivity index (χ2n) is 3.28. The van der Waals surface area contributed by atoms with Crippen LogP contribution in [0.3, 0.4) is 0 Å². The van der Waals surface area contributed by atoms with Gasteiger partial charge in [-0.25, -0.2) is 10.5 Å². The van der Waals surface area contributed by atoms with Crippen LogP contribution in [0.2, 0.25) is 0 Å². The number of rotatable bonds is 2. The largest absolute Gasteiger partial charge is 0.289 e. The summed E-state index contributed by atoms with van der Waals surface area (Å²) in [5.74, 6) is 4.27. The predicted octanol–water partition coefficient (Wildman–Crippen LogP) is -0.164. The summed E-state index contributed by atoms with van der Waals surface area (Å²) in [7, 11) is 0. The predicted molar refractivity (Wildman–Crippen MR) is 61.5 cm³/mol. The van der Waals surface area contributed by atoms with Crippen molar-refractivity contribution in [3.8, 4) is 5.69 Å². The molecule has 6 nitrogen and oxygen atoms in total. The number of nitrogens with zero attached hydrogens (tertiary/aromatic N) is 2. The van der Waals surface area contributed by atoms with Crippen LogP contribution in [0.1, 0.15) is 10.5 Å². The van der Waals surface area contributed by atoms with Crippen molar-refractivity contribution >= 4 is 5.91 Å². The molecular weight excluding hydrogens is 220 g/mol. The van der Waals surface area contributed by atoms with Crippen LogP contribution < -0.4 is 16.7 Å². The highest BCUT2D eigenvalue weighted by molar-refractivity contribution is 5.91. The number of nitrogens with one attached hydrogen (secondary N) is 1. The molecule has 86 valence electrons. The zero-order valence-electron chi connectivity index (χ0n) is 8.83. The Bertz CT molecular complexity index is 592. The number of hydrazine groups is 1. The van der Waals surface area contributed by atoms with Gasteiger partial charge in [-0.1, -0.05) is 18.2 Å². The number of aromatic nitrogens is 2. The van der Waals surface area contributed by atoms with Gasteiger partial charge in [0.15, 0.2) is 5.69 Å². The fraction of sp³-hybridized carbons (Fsp3) is 0. The first-order chi connectivity index (χ1) is 8.22. The van der Waals surface area contributed by atoms with Crippen LogP contribution in [0.5, 0.6) is 0 Å². The van der Waals surface area contributed by atoms with E-state index in [0.717, 1.165) is 5.69 Å². The van der Waals surface area contributed by atoms with E-state index >= 15 is 0 Å². The van der Waals surface area contributed by atoms with Gasteiger partial charge in [0.2, 0.25) is 5.43 Å². The van der Waals surface area contributed by atoms with Crippen molar-refractivity contribution in [1.82, 2.24) is 15.2 Å². The molecule has 0 unspecified atom stereocenters. The molecule has 0 saturated carbocycles. The molecule has 6 heteroatoms. The third-order valence-corrected chi connectivity index (χ3v) is 2.18. The molecule has 0 aliphatic carbocycles. The number of hydrogen-bond donors (Lipinski definition) is 2. The van der Waals surface area contributed by atoms with Crippen LogP contribution in [-0.4, -0.2) is 15.7 Å². The fourth-order valence-corrected chi connectivity index (χ4v) is 1.36. The van der Waals surface area contributed by atoms with E-state index < -0.39 is 11.3 Å². The summed E-state index contributed by atoms with van der Waals surface area (Å²) >= 11 is 0. The van der Waals surface area contributed by atoms with Crippen molar-refractivity contribution in [2.45, 2.75) is 0 Å². The van der Waals surface area contributed by atoms with E-state index in [0.29, 0.717) is 0 Å². The zero-order valence-corrected chi connectivity index (χ0v) is 8.83. The molecule has 2 rings (SSSR count). The number of carbonyl (C=O) groups excluding carboxylic acids is 1. The van der Waals surface area contributed by atoms with Crippen molar-refractivity contribution in [2.24, 2.45) is 5.84 Å². The maximum absolute atomic E-state index is 11.4. The minimum absolute atomic E-state index is 0.237. The highest BCUT2D eigenvalue weighted by atomic mass is 16.2. The van der Waals surface area contributed by atoms with Crippen LogP contribution in [0, 0.1) is 0 Å². The van der Waals surface area contributed by atoms with Gasteiger partial charge in [-0.3, -0.25) is 15.0 Å². The van der Waals surface area contributed by atoms with Gasteiger partial charge in [-0.2, -0.15) is 5.10 Å². The molecule has 1 aromatic carbocycles. The summed E-state index contributed by atoms with van der Waals surface area (Å²) in [6.45, 7) is 0. The molecule has 0 spiro atoms. The first-order valence-electron chi connectivity index (χ1n) is 4.89. The standard InChI is InChI=1S/C11H10N4O2/c12-13-11(17)10-9(16)6-7-15(14-10)8-4-2-1-3-5-8/h1-7H,12H2,(H,13,17). The molecule has 0 radical (unpaired) electrons. The van der Waals surface area contributed by atoms with E-state index in [1.807, 2.05) is 35.8 Å². The van der Waals surface area contributed by atoms with Gasteiger partial charge in [0, 0.05) is 12.3 Å². The summed E-state index contributed by atoms with van der Waals surface area (Å²) < 4.78 is 1.44. The van der Waals surface area contributed by atoms with Gasteiger partial charge >= 0.3 is 0 Å². The average Bonchev–Trinajstić information content (AvgIpc) is 2.39. The molecule has 0 bridgehead atoms. The molecule has 0 fully saturated rings. The zero-order chi connectivity index (χ0) is 12.3. The Kier molecular flexibility index (Phi) is 2.97. The molecule has 0 saturated heterocycles. The minimum Gasteiger partial charge on any atom is -0.289 e. The number of nitrogens with two attached hydrogens (primary N) is 1. The number of benzene rings is 1. The molecular formula is C11H10N4O2. The first-order valence-corrected chi connectivity index (χ1v) is 4.89. The second kappa shape index (κ2) is 4.58. The van der Waals surface area contributed by atoms with Gasteiger partial charge in [-0.15, -0.1) is 0 Å². The van der Waals surface area contributed by atoms with E-state index in [9.17, 15) is 9.59 Å². The lowest BCUT2D eigenvalue weighted by Gasteiger charge is -2.05. The first kappa shape index (κ1) is 11.0.